The first-order valence-electron chi connectivity index (χ1n) is 6.22. The number of nitriles is 1. The lowest BCUT2D eigenvalue weighted by atomic mass is 10.1. The Hall–Kier alpha value is -2.55. The van der Waals surface area contributed by atoms with Crippen LogP contribution in [0.2, 0.25) is 0 Å². The highest BCUT2D eigenvalue weighted by molar-refractivity contribution is 6.04. The lowest BCUT2D eigenvalue weighted by Crippen LogP contribution is -2.34. The number of ether oxygens (including phenoxy) is 1. The number of benzene rings is 1. The molecular formula is C14H15N3O3. The summed E-state index contributed by atoms with van der Waals surface area (Å²) in [5.74, 6) is -0.0398. The zero-order valence-corrected chi connectivity index (χ0v) is 11.3. The standard InChI is InChI=1S/C14H15N3O3/c1-9(7-15)8-17-13(18)12(16-14(17)19)10-3-5-11(20-2)6-4-10/h3-6,9,12H,8H2,1-2H3,(H,16,19). The number of amides is 3. The quantitative estimate of drug-likeness (QED) is 0.842. The van der Waals surface area contributed by atoms with Gasteiger partial charge in [-0.15, -0.1) is 0 Å². The van der Waals surface area contributed by atoms with Gasteiger partial charge in [0.05, 0.1) is 19.1 Å². The Morgan fingerprint density at radius 1 is 1.40 bits per heavy atom. The van der Waals surface area contributed by atoms with Crippen molar-refractivity contribution in [1.29, 1.82) is 5.26 Å². The third-order valence-corrected chi connectivity index (χ3v) is 3.15. The van der Waals surface area contributed by atoms with Gasteiger partial charge >= 0.3 is 6.03 Å². The minimum absolute atomic E-state index is 0.105. The number of carbonyl (C=O) groups excluding carboxylic acids is 2. The molecule has 1 fully saturated rings. The molecule has 1 aliphatic heterocycles. The first-order chi connectivity index (χ1) is 9.56. The molecule has 0 aliphatic carbocycles. The third kappa shape index (κ3) is 2.57. The lowest BCUT2D eigenvalue weighted by Gasteiger charge is -2.14. The number of nitrogens with one attached hydrogen (secondary N) is 1. The molecule has 0 spiro atoms. The molecule has 6 nitrogen and oxygen atoms in total. The van der Waals surface area contributed by atoms with E-state index in [1.54, 1.807) is 38.3 Å². The highest BCUT2D eigenvalue weighted by atomic mass is 16.5. The van der Waals surface area contributed by atoms with Crippen LogP contribution in [0.3, 0.4) is 0 Å². The van der Waals surface area contributed by atoms with Crippen molar-refractivity contribution in [3.8, 4) is 11.8 Å². The zero-order chi connectivity index (χ0) is 14.7. The van der Waals surface area contributed by atoms with Gasteiger partial charge in [0.1, 0.15) is 11.8 Å². The molecule has 0 bridgehead atoms. The predicted octanol–water partition coefficient (Wildman–Crippen LogP) is 1.45. The Morgan fingerprint density at radius 2 is 2.05 bits per heavy atom. The summed E-state index contributed by atoms with van der Waals surface area (Å²) in [6.45, 7) is 1.77. The van der Waals surface area contributed by atoms with Gasteiger partial charge in [-0.2, -0.15) is 5.26 Å². The van der Waals surface area contributed by atoms with Gasteiger partial charge in [0, 0.05) is 6.54 Å². The normalized spacial score (nSPS) is 19.4. The molecule has 104 valence electrons. The third-order valence-electron chi connectivity index (χ3n) is 3.15. The van der Waals surface area contributed by atoms with E-state index in [1.165, 1.54) is 0 Å². The van der Waals surface area contributed by atoms with Crippen LogP contribution in [0.4, 0.5) is 4.79 Å². The summed E-state index contributed by atoms with van der Waals surface area (Å²) in [6.07, 6.45) is 0. The number of hydrogen-bond acceptors (Lipinski definition) is 4. The fourth-order valence-corrected chi connectivity index (χ4v) is 2.03. The summed E-state index contributed by atoms with van der Waals surface area (Å²) in [6, 6.07) is 7.79. The maximum absolute atomic E-state index is 12.2. The van der Waals surface area contributed by atoms with Gasteiger partial charge in [-0.25, -0.2) is 4.79 Å². The minimum atomic E-state index is -0.695. The van der Waals surface area contributed by atoms with Gasteiger partial charge in [-0.1, -0.05) is 12.1 Å². The molecule has 2 rings (SSSR count). The van der Waals surface area contributed by atoms with E-state index in [2.05, 4.69) is 5.32 Å². The minimum Gasteiger partial charge on any atom is -0.497 e. The monoisotopic (exact) mass is 273 g/mol. The Bertz CT molecular complexity index is 562. The molecule has 1 aliphatic rings. The summed E-state index contributed by atoms with van der Waals surface area (Å²) in [5.41, 5.74) is 0.691. The molecule has 0 radical (unpaired) electrons. The summed E-state index contributed by atoms with van der Waals surface area (Å²) in [4.78, 5) is 25.1. The van der Waals surface area contributed by atoms with Crippen LogP contribution in [0.25, 0.3) is 0 Å². The number of carbonyl (C=O) groups is 2. The molecule has 2 atom stereocenters. The molecule has 3 amide bonds. The maximum Gasteiger partial charge on any atom is 0.325 e. The van der Waals surface area contributed by atoms with Crippen LogP contribution in [0, 0.1) is 17.2 Å². The Kier molecular flexibility index (Phi) is 3.89. The summed E-state index contributed by atoms with van der Waals surface area (Å²) in [7, 11) is 1.56. The molecule has 1 aromatic carbocycles. The molecule has 1 heterocycles. The SMILES string of the molecule is COc1ccc(C2NC(=O)N(CC(C)C#N)C2=O)cc1. The van der Waals surface area contributed by atoms with Gasteiger partial charge in [0.15, 0.2) is 0 Å². The molecule has 0 aromatic heterocycles. The van der Waals surface area contributed by atoms with E-state index < -0.39 is 12.1 Å². The largest absolute Gasteiger partial charge is 0.497 e. The number of hydrogen-bond donors (Lipinski definition) is 1. The fraction of sp³-hybridized carbons (Fsp3) is 0.357. The van der Waals surface area contributed by atoms with Crippen molar-refractivity contribution in [1.82, 2.24) is 10.2 Å². The average molecular weight is 273 g/mol. The van der Waals surface area contributed by atoms with Crippen molar-refractivity contribution < 1.29 is 14.3 Å². The smallest absolute Gasteiger partial charge is 0.325 e. The molecule has 1 saturated heterocycles. The number of imide groups is 1. The van der Waals surface area contributed by atoms with Crippen LogP contribution in [0.5, 0.6) is 5.75 Å². The van der Waals surface area contributed by atoms with E-state index in [-0.39, 0.29) is 18.4 Å². The van der Waals surface area contributed by atoms with E-state index in [9.17, 15) is 9.59 Å². The van der Waals surface area contributed by atoms with Gasteiger partial charge in [-0.05, 0) is 24.6 Å². The summed E-state index contributed by atoms with van der Waals surface area (Å²) in [5, 5.41) is 11.4. The number of methoxy groups -OCH3 is 1. The van der Waals surface area contributed by atoms with E-state index in [0.717, 1.165) is 4.90 Å². The van der Waals surface area contributed by atoms with Crippen LogP contribution in [0.1, 0.15) is 18.5 Å². The van der Waals surface area contributed by atoms with Crippen LogP contribution in [0.15, 0.2) is 24.3 Å². The van der Waals surface area contributed by atoms with Gasteiger partial charge in [0.2, 0.25) is 0 Å². The van der Waals surface area contributed by atoms with Crippen molar-refractivity contribution in [2.45, 2.75) is 13.0 Å². The number of rotatable bonds is 4. The Morgan fingerprint density at radius 3 is 2.60 bits per heavy atom. The first-order valence-corrected chi connectivity index (χ1v) is 6.22. The van der Waals surface area contributed by atoms with Crippen molar-refractivity contribution in [3.05, 3.63) is 29.8 Å². The second-order valence-corrected chi connectivity index (χ2v) is 4.63. The average Bonchev–Trinajstić information content (AvgIpc) is 2.75. The predicted molar refractivity (Wildman–Crippen MR) is 70.8 cm³/mol. The van der Waals surface area contributed by atoms with Crippen LogP contribution in [-0.2, 0) is 4.79 Å². The van der Waals surface area contributed by atoms with Gasteiger partial charge in [0.25, 0.3) is 5.91 Å². The Labute approximate surface area is 116 Å². The van der Waals surface area contributed by atoms with Gasteiger partial charge in [-0.3, -0.25) is 9.69 Å². The van der Waals surface area contributed by atoms with Crippen LogP contribution < -0.4 is 10.1 Å². The molecule has 2 unspecified atom stereocenters. The van der Waals surface area contributed by atoms with E-state index in [1.807, 2.05) is 6.07 Å². The summed E-state index contributed by atoms with van der Waals surface area (Å²) >= 11 is 0. The van der Waals surface area contributed by atoms with Gasteiger partial charge < -0.3 is 10.1 Å². The molecule has 6 heteroatoms. The van der Waals surface area contributed by atoms with E-state index in [0.29, 0.717) is 11.3 Å². The van der Waals surface area contributed by atoms with Crippen LogP contribution in [-0.4, -0.2) is 30.5 Å². The van der Waals surface area contributed by atoms with Crippen molar-refractivity contribution in [2.24, 2.45) is 5.92 Å². The van der Waals surface area contributed by atoms with E-state index in [4.69, 9.17) is 10.00 Å². The fourth-order valence-electron chi connectivity index (χ4n) is 2.03. The van der Waals surface area contributed by atoms with Crippen molar-refractivity contribution >= 4 is 11.9 Å². The highest BCUT2D eigenvalue weighted by Crippen LogP contribution is 2.24. The number of urea groups is 1. The first kappa shape index (κ1) is 13.9. The topological polar surface area (TPSA) is 82.4 Å². The van der Waals surface area contributed by atoms with Crippen molar-refractivity contribution in [2.75, 3.05) is 13.7 Å². The van der Waals surface area contributed by atoms with Crippen LogP contribution >= 0.6 is 0 Å². The zero-order valence-electron chi connectivity index (χ0n) is 11.3. The van der Waals surface area contributed by atoms with Crippen molar-refractivity contribution in [3.63, 3.8) is 0 Å². The molecule has 0 saturated carbocycles. The van der Waals surface area contributed by atoms with E-state index >= 15 is 0 Å². The molecular weight excluding hydrogens is 258 g/mol. The molecule has 1 N–H and O–H groups in total. The lowest BCUT2D eigenvalue weighted by molar-refractivity contribution is -0.127. The molecule has 1 aromatic rings. The summed E-state index contributed by atoms with van der Waals surface area (Å²) < 4.78 is 5.05. The number of nitrogens with zero attached hydrogens (tertiary/aromatic N) is 2. The Balaban J connectivity index is 2.16. The highest BCUT2D eigenvalue weighted by Gasteiger charge is 2.39. The second-order valence-electron chi connectivity index (χ2n) is 4.63. The molecule has 20 heavy (non-hydrogen) atoms. The maximum atomic E-state index is 12.2. The second kappa shape index (κ2) is 5.61.